The number of aromatic amines is 1. The fraction of sp³-hybridized carbons (Fsp3) is 0.300. The molecular weight excluding hydrogens is 234 g/mol. The third kappa shape index (κ3) is 2.66. The third-order valence-corrected chi connectivity index (χ3v) is 1.89. The number of nitriles is 1. The molecule has 5 nitrogen and oxygen atoms in total. The van der Waals surface area contributed by atoms with Crippen LogP contribution in [0.2, 0.25) is 0 Å². The van der Waals surface area contributed by atoms with E-state index in [2.05, 4.69) is 4.74 Å². The molecule has 90 valence electrons. The first-order chi connectivity index (χ1) is 8.01. The Morgan fingerprint density at radius 3 is 2.76 bits per heavy atom. The molecule has 7 heteroatoms. The molecule has 0 saturated heterocycles. The van der Waals surface area contributed by atoms with Gasteiger partial charge in [0.1, 0.15) is 17.3 Å². The van der Waals surface area contributed by atoms with Crippen molar-refractivity contribution in [3.63, 3.8) is 0 Å². The normalized spacial score (nSPS) is 10.1. The molecule has 0 fully saturated rings. The van der Waals surface area contributed by atoms with E-state index in [1.807, 2.05) is 4.98 Å². The molecule has 0 aliphatic carbocycles. The van der Waals surface area contributed by atoms with Crippen molar-refractivity contribution in [2.75, 3.05) is 6.61 Å². The van der Waals surface area contributed by atoms with E-state index in [-0.39, 0.29) is 6.61 Å². The summed E-state index contributed by atoms with van der Waals surface area (Å²) in [7, 11) is 0. The number of esters is 1. The number of hydrogen-bond donors (Lipinski definition) is 1. The molecule has 1 N–H and O–H groups in total. The topological polar surface area (TPSA) is 82.9 Å². The Morgan fingerprint density at radius 1 is 1.65 bits per heavy atom. The van der Waals surface area contributed by atoms with Gasteiger partial charge in [0.15, 0.2) is 0 Å². The number of rotatable bonds is 3. The highest BCUT2D eigenvalue weighted by Crippen LogP contribution is 2.22. The number of alkyl halides is 2. The van der Waals surface area contributed by atoms with Crippen LogP contribution in [0.5, 0.6) is 0 Å². The molecule has 0 aromatic carbocycles. The number of H-pyrrole nitrogens is 1. The monoisotopic (exact) mass is 242 g/mol. The van der Waals surface area contributed by atoms with Crippen molar-refractivity contribution in [2.45, 2.75) is 13.3 Å². The van der Waals surface area contributed by atoms with Crippen LogP contribution in [0.4, 0.5) is 8.78 Å². The fourth-order valence-electron chi connectivity index (χ4n) is 1.25. The van der Waals surface area contributed by atoms with Gasteiger partial charge in [-0.15, -0.1) is 0 Å². The zero-order valence-corrected chi connectivity index (χ0v) is 8.79. The molecule has 1 rings (SSSR count). The number of ether oxygens (including phenoxy) is 1. The van der Waals surface area contributed by atoms with Crippen molar-refractivity contribution in [1.29, 1.82) is 5.26 Å². The molecule has 0 unspecified atom stereocenters. The van der Waals surface area contributed by atoms with Crippen molar-refractivity contribution in [3.05, 3.63) is 33.2 Å². The van der Waals surface area contributed by atoms with E-state index in [0.717, 1.165) is 6.07 Å². The first-order valence-corrected chi connectivity index (χ1v) is 4.63. The maximum Gasteiger partial charge on any atom is 0.341 e. The largest absolute Gasteiger partial charge is 0.462 e. The minimum Gasteiger partial charge on any atom is -0.462 e. The quantitative estimate of drug-likeness (QED) is 0.811. The number of carbonyl (C=O) groups is 1. The van der Waals surface area contributed by atoms with Crippen LogP contribution in [0, 0.1) is 11.3 Å². The Kier molecular flexibility index (Phi) is 3.93. The van der Waals surface area contributed by atoms with Crippen LogP contribution in [0.3, 0.4) is 0 Å². The van der Waals surface area contributed by atoms with Crippen LogP contribution in [0.15, 0.2) is 10.9 Å². The SMILES string of the molecule is CCOC(=O)c1c(C#N)cc(=O)[nH]c1C(F)F. The minimum absolute atomic E-state index is 0.0223. The van der Waals surface area contributed by atoms with Crippen molar-refractivity contribution in [1.82, 2.24) is 4.98 Å². The Hall–Kier alpha value is -2.23. The Morgan fingerprint density at radius 2 is 2.29 bits per heavy atom. The van der Waals surface area contributed by atoms with Gasteiger partial charge in [-0.05, 0) is 6.92 Å². The molecule has 0 saturated carbocycles. The van der Waals surface area contributed by atoms with E-state index in [0.29, 0.717) is 0 Å². The van der Waals surface area contributed by atoms with Crippen LogP contribution in [-0.4, -0.2) is 17.6 Å². The average Bonchev–Trinajstić information content (AvgIpc) is 2.27. The predicted molar refractivity (Wildman–Crippen MR) is 52.7 cm³/mol. The van der Waals surface area contributed by atoms with E-state index in [4.69, 9.17) is 5.26 Å². The first kappa shape index (κ1) is 12.8. The summed E-state index contributed by atoms with van der Waals surface area (Å²) in [6.45, 7) is 1.48. The summed E-state index contributed by atoms with van der Waals surface area (Å²) in [6.07, 6.45) is -3.07. The summed E-state index contributed by atoms with van der Waals surface area (Å²) in [5, 5.41) is 8.71. The lowest BCUT2D eigenvalue weighted by atomic mass is 10.1. The fourth-order valence-corrected chi connectivity index (χ4v) is 1.25. The molecule has 0 amide bonds. The van der Waals surface area contributed by atoms with Crippen molar-refractivity contribution in [3.8, 4) is 6.07 Å². The molecule has 1 heterocycles. The van der Waals surface area contributed by atoms with Gasteiger partial charge in [-0.25, -0.2) is 13.6 Å². The second kappa shape index (κ2) is 5.21. The highest BCUT2D eigenvalue weighted by molar-refractivity contribution is 5.93. The summed E-state index contributed by atoms with van der Waals surface area (Å²) in [6, 6.07) is 2.29. The van der Waals surface area contributed by atoms with Gasteiger partial charge in [-0.2, -0.15) is 5.26 Å². The van der Waals surface area contributed by atoms with Crippen molar-refractivity contribution < 1.29 is 18.3 Å². The molecule has 1 aromatic heterocycles. The molecular formula is C10H8F2N2O3. The summed E-state index contributed by atoms with van der Waals surface area (Å²) in [5.41, 5.74) is -2.79. The molecule has 0 spiro atoms. The van der Waals surface area contributed by atoms with Crippen molar-refractivity contribution >= 4 is 5.97 Å². The second-order valence-corrected chi connectivity index (χ2v) is 2.97. The zero-order valence-electron chi connectivity index (χ0n) is 8.79. The smallest absolute Gasteiger partial charge is 0.341 e. The number of nitrogens with zero attached hydrogens (tertiary/aromatic N) is 1. The summed E-state index contributed by atoms with van der Waals surface area (Å²) in [4.78, 5) is 24.3. The van der Waals surface area contributed by atoms with Gasteiger partial charge in [-0.3, -0.25) is 4.79 Å². The highest BCUT2D eigenvalue weighted by atomic mass is 19.3. The number of pyridine rings is 1. The number of hydrogen-bond acceptors (Lipinski definition) is 4. The number of nitrogens with one attached hydrogen (secondary N) is 1. The number of aromatic nitrogens is 1. The van der Waals surface area contributed by atoms with Gasteiger partial charge < -0.3 is 9.72 Å². The molecule has 0 aliphatic rings. The summed E-state index contributed by atoms with van der Waals surface area (Å²) in [5.74, 6) is -1.06. The molecule has 1 aromatic rings. The average molecular weight is 242 g/mol. The Labute approximate surface area is 94.6 Å². The minimum atomic E-state index is -3.07. The van der Waals surface area contributed by atoms with Gasteiger partial charge >= 0.3 is 5.97 Å². The van der Waals surface area contributed by atoms with Gasteiger partial charge in [0.05, 0.1) is 12.2 Å². The van der Waals surface area contributed by atoms with E-state index in [9.17, 15) is 18.4 Å². The van der Waals surface area contributed by atoms with E-state index in [1.165, 1.54) is 13.0 Å². The number of halogens is 2. The van der Waals surface area contributed by atoms with Crippen molar-refractivity contribution in [2.24, 2.45) is 0 Å². The van der Waals surface area contributed by atoms with Crippen LogP contribution in [0.1, 0.15) is 35.0 Å². The Balaban J connectivity index is 3.49. The lowest BCUT2D eigenvalue weighted by Gasteiger charge is -2.08. The third-order valence-electron chi connectivity index (χ3n) is 1.89. The lowest BCUT2D eigenvalue weighted by molar-refractivity contribution is 0.0513. The summed E-state index contributed by atoms with van der Waals surface area (Å²) < 4.78 is 29.8. The van der Waals surface area contributed by atoms with Gasteiger partial charge in [-0.1, -0.05) is 0 Å². The van der Waals surface area contributed by atoms with Gasteiger partial charge in [0, 0.05) is 6.07 Å². The van der Waals surface area contributed by atoms with E-state index in [1.54, 1.807) is 0 Å². The van der Waals surface area contributed by atoms with Gasteiger partial charge in [0.2, 0.25) is 5.56 Å². The highest BCUT2D eigenvalue weighted by Gasteiger charge is 2.24. The zero-order chi connectivity index (χ0) is 13.0. The standard InChI is InChI=1S/C10H8F2N2O3/c1-2-17-10(16)7-5(4-13)3-6(15)14-8(7)9(11)12/h3,9H,2H2,1H3,(H,14,15). The molecule has 0 atom stereocenters. The van der Waals surface area contributed by atoms with Crippen LogP contribution in [0.25, 0.3) is 0 Å². The maximum atomic E-state index is 12.6. The van der Waals surface area contributed by atoms with E-state index >= 15 is 0 Å². The Bertz CT molecular complexity index is 531. The van der Waals surface area contributed by atoms with Gasteiger partial charge in [0.25, 0.3) is 6.43 Å². The maximum absolute atomic E-state index is 12.6. The molecule has 0 aliphatic heterocycles. The predicted octanol–water partition coefficient (Wildman–Crippen LogP) is 1.36. The summed E-state index contributed by atoms with van der Waals surface area (Å²) >= 11 is 0. The van der Waals surface area contributed by atoms with Crippen LogP contribution in [-0.2, 0) is 4.74 Å². The van der Waals surface area contributed by atoms with Crippen LogP contribution < -0.4 is 5.56 Å². The molecule has 0 radical (unpaired) electrons. The molecule has 17 heavy (non-hydrogen) atoms. The number of carbonyl (C=O) groups excluding carboxylic acids is 1. The molecule has 0 bridgehead atoms. The second-order valence-electron chi connectivity index (χ2n) is 2.97. The first-order valence-electron chi connectivity index (χ1n) is 4.63. The van der Waals surface area contributed by atoms with E-state index < -0.39 is 34.8 Å². The lowest BCUT2D eigenvalue weighted by Crippen LogP contribution is -2.18. The van der Waals surface area contributed by atoms with Crippen LogP contribution >= 0.6 is 0 Å².